The number of hydrogen-bond acceptors (Lipinski definition) is 10. The van der Waals surface area contributed by atoms with Crippen LogP contribution < -0.4 is 0 Å². The molecule has 0 aliphatic heterocycles. The van der Waals surface area contributed by atoms with E-state index in [0.29, 0.717) is 26.9 Å². The monoisotopic (exact) mass is 614 g/mol. The van der Waals surface area contributed by atoms with Gasteiger partial charge in [-0.15, -0.1) is 22.7 Å². The average molecular weight is 615 g/mol. The van der Waals surface area contributed by atoms with Gasteiger partial charge in [-0.2, -0.15) is 0 Å². The zero-order valence-corrected chi connectivity index (χ0v) is 23.4. The smallest absolute Gasteiger partial charge is 0.351 e. The molecule has 12 nitrogen and oxygen atoms in total. The lowest BCUT2D eigenvalue weighted by molar-refractivity contribution is 0.0594. The van der Waals surface area contributed by atoms with Gasteiger partial charge in [-0.3, -0.25) is 9.13 Å². The third-order valence-electron chi connectivity index (χ3n) is 5.94. The molecule has 6 rings (SSSR count). The second kappa shape index (κ2) is 12.4. The molecule has 0 aliphatic carbocycles. The average Bonchev–Trinajstić information content (AvgIpc) is 3.80. The summed E-state index contributed by atoms with van der Waals surface area (Å²) in [6.07, 6.45) is 3.18. The number of ether oxygens (including phenoxy) is 2. The molecule has 0 saturated carbocycles. The van der Waals surface area contributed by atoms with Crippen LogP contribution in [0, 0.1) is 13.1 Å². The van der Waals surface area contributed by atoms with Gasteiger partial charge in [-0.05, 0) is 24.3 Å². The van der Waals surface area contributed by atoms with E-state index < -0.39 is 11.9 Å². The highest BCUT2D eigenvalue weighted by molar-refractivity contribution is 7.17. The number of benzene rings is 2. The van der Waals surface area contributed by atoms with Gasteiger partial charge in [-0.1, -0.05) is 19.6 Å². The molecule has 6 aromatic rings. The van der Waals surface area contributed by atoms with Crippen molar-refractivity contribution >= 4 is 68.1 Å². The summed E-state index contributed by atoms with van der Waals surface area (Å²) in [7, 11) is 2.52. The van der Waals surface area contributed by atoms with E-state index in [0.717, 1.165) is 39.2 Å². The molecule has 4 heterocycles. The van der Waals surface area contributed by atoms with Crippen LogP contribution in [0.5, 0.6) is 11.5 Å². The number of methoxy groups -OCH3 is 2. The molecule has 43 heavy (non-hydrogen) atoms. The Morgan fingerprint density at radius 3 is 1.77 bits per heavy atom. The Bertz CT molecular complexity index is 2070. The summed E-state index contributed by atoms with van der Waals surface area (Å²) < 4.78 is 12.7. The molecular weight excluding hydrogens is 592 g/mol. The largest absolute Gasteiger partial charge is 0.506 e. The van der Waals surface area contributed by atoms with Crippen LogP contribution in [-0.4, -0.2) is 55.5 Å². The number of imidazole rings is 2. The molecule has 0 aliphatic rings. The zero-order valence-electron chi connectivity index (χ0n) is 21.8. The standard InChI is InChI=1S/2C14H9N3O3S.CH4/c1-15-8-3-4-10-9(5-8)16-7-17(10)12-6-11(18)13(21-12)14(19)20-2;1-15-8-3-4-9-10(5-8)17(7-16-9)12-6-11(18)13(21-12)14(19)20-2;/h2*3-7,18H,2H3;1H4. The molecular formula is C29H22N6O6S2. The predicted molar refractivity (Wildman–Crippen MR) is 163 cm³/mol. The minimum Gasteiger partial charge on any atom is -0.506 e. The zero-order chi connectivity index (χ0) is 30.0. The number of nitrogens with zero attached hydrogens (tertiary/aromatic N) is 6. The maximum atomic E-state index is 11.5. The first kappa shape index (κ1) is 30.3. The first-order valence-electron chi connectivity index (χ1n) is 11.8. The van der Waals surface area contributed by atoms with Gasteiger partial charge in [0.25, 0.3) is 0 Å². The van der Waals surface area contributed by atoms with Crippen molar-refractivity contribution in [2.75, 3.05) is 14.2 Å². The minimum absolute atomic E-state index is 0. The Balaban J connectivity index is 0.000000192. The van der Waals surface area contributed by atoms with Crippen molar-refractivity contribution in [1.82, 2.24) is 19.1 Å². The quantitative estimate of drug-likeness (QED) is 0.162. The molecule has 4 aromatic heterocycles. The van der Waals surface area contributed by atoms with E-state index in [4.69, 9.17) is 13.1 Å². The van der Waals surface area contributed by atoms with E-state index in [1.54, 1.807) is 58.2 Å². The maximum absolute atomic E-state index is 11.5. The fourth-order valence-electron chi connectivity index (χ4n) is 3.94. The molecule has 14 heteroatoms. The molecule has 216 valence electrons. The van der Waals surface area contributed by atoms with Crippen molar-refractivity contribution in [3.63, 3.8) is 0 Å². The lowest BCUT2D eigenvalue weighted by Gasteiger charge is -2.00. The van der Waals surface area contributed by atoms with Crippen LogP contribution in [0.2, 0.25) is 0 Å². The molecule has 0 bridgehead atoms. The number of aromatic nitrogens is 4. The second-order valence-electron chi connectivity index (χ2n) is 8.38. The molecule has 0 atom stereocenters. The van der Waals surface area contributed by atoms with Gasteiger partial charge in [0.2, 0.25) is 0 Å². The highest BCUT2D eigenvalue weighted by Crippen LogP contribution is 2.35. The van der Waals surface area contributed by atoms with Gasteiger partial charge in [0.05, 0.1) is 49.4 Å². The summed E-state index contributed by atoms with van der Waals surface area (Å²) in [5.74, 6) is -1.43. The van der Waals surface area contributed by atoms with E-state index in [1.807, 2.05) is 0 Å². The van der Waals surface area contributed by atoms with Gasteiger partial charge in [0.15, 0.2) is 21.1 Å². The highest BCUT2D eigenvalue weighted by atomic mass is 32.1. The van der Waals surface area contributed by atoms with Gasteiger partial charge in [0, 0.05) is 12.1 Å². The maximum Gasteiger partial charge on any atom is 0.351 e. The normalized spacial score (nSPS) is 10.2. The first-order chi connectivity index (χ1) is 20.3. The number of carbonyl (C=O) groups is 2. The number of fused-ring (bicyclic) bond motifs is 2. The van der Waals surface area contributed by atoms with E-state index in [-0.39, 0.29) is 28.7 Å². The van der Waals surface area contributed by atoms with Crippen molar-refractivity contribution in [1.29, 1.82) is 0 Å². The summed E-state index contributed by atoms with van der Waals surface area (Å²) >= 11 is 2.21. The third kappa shape index (κ3) is 5.73. The Morgan fingerprint density at radius 1 is 0.744 bits per heavy atom. The SMILES string of the molecule is C.[C-]#[N+]c1ccc2c(c1)ncn2-c1cc(O)c(C(=O)OC)s1.[C-]#[N+]c1ccc2ncn(-c3cc(O)c(C(=O)OC)s3)c2c1. The van der Waals surface area contributed by atoms with E-state index in [1.165, 1.54) is 26.4 Å². The summed E-state index contributed by atoms with van der Waals surface area (Å²) in [5, 5.41) is 20.9. The molecule has 0 spiro atoms. The molecule has 0 fully saturated rings. The Morgan fingerprint density at radius 2 is 1.23 bits per heavy atom. The molecule has 0 amide bonds. The topological polar surface area (TPSA) is 137 Å². The lowest BCUT2D eigenvalue weighted by atomic mass is 10.3. The van der Waals surface area contributed by atoms with Crippen molar-refractivity contribution in [2.24, 2.45) is 0 Å². The van der Waals surface area contributed by atoms with Crippen molar-refractivity contribution in [3.05, 3.63) is 93.8 Å². The second-order valence-corrected chi connectivity index (χ2v) is 10.4. The van der Waals surface area contributed by atoms with Gasteiger partial charge >= 0.3 is 11.9 Å². The first-order valence-corrected chi connectivity index (χ1v) is 13.4. The minimum atomic E-state index is -0.588. The number of esters is 2. The van der Waals surface area contributed by atoms with E-state index >= 15 is 0 Å². The Kier molecular flexibility index (Phi) is 8.76. The molecule has 0 unspecified atom stereocenters. The number of hydrogen-bond donors (Lipinski definition) is 2. The van der Waals surface area contributed by atoms with Crippen molar-refractivity contribution in [3.8, 4) is 21.5 Å². The highest BCUT2D eigenvalue weighted by Gasteiger charge is 2.19. The van der Waals surface area contributed by atoms with Gasteiger partial charge in [0.1, 0.15) is 34.2 Å². The summed E-state index contributed by atoms with van der Waals surface area (Å²) in [6, 6.07) is 13.3. The summed E-state index contributed by atoms with van der Waals surface area (Å²) in [5.41, 5.74) is 3.95. The van der Waals surface area contributed by atoms with Crippen LogP contribution in [0.4, 0.5) is 11.4 Å². The van der Waals surface area contributed by atoms with Crippen LogP contribution in [0.3, 0.4) is 0 Å². The summed E-state index contributed by atoms with van der Waals surface area (Å²) in [6.45, 7) is 14.1. The Labute approximate surface area is 252 Å². The number of rotatable bonds is 4. The summed E-state index contributed by atoms with van der Waals surface area (Å²) in [4.78, 5) is 38.6. The predicted octanol–water partition coefficient (Wildman–Crippen LogP) is 6.90. The number of thiophene rings is 2. The Hall–Kier alpha value is -5.70. The lowest BCUT2D eigenvalue weighted by Crippen LogP contribution is -1.97. The van der Waals surface area contributed by atoms with Crippen molar-refractivity contribution < 1.29 is 29.3 Å². The molecule has 2 aromatic carbocycles. The molecule has 0 radical (unpaired) electrons. The van der Waals surface area contributed by atoms with Gasteiger partial charge in [-0.25, -0.2) is 29.2 Å². The molecule has 2 N–H and O–H groups in total. The van der Waals surface area contributed by atoms with Crippen LogP contribution in [0.15, 0.2) is 61.2 Å². The fourth-order valence-corrected chi connectivity index (χ4v) is 5.85. The van der Waals surface area contributed by atoms with E-state index in [9.17, 15) is 19.8 Å². The number of aromatic hydroxyl groups is 2. The number of carbonyl (C=O) groups excluding carboxylic acids is 2. The molecule has 0 saturated heterocycles. The van der Waals surface area contributed by atoms with Crippen molar-refractivity contribution in [2.45, 2.75) is 7.43 Å². The fraction of sp³-hybridized carbons (Fsp3) is 0.103. The third-order valence-corrected chi connectivity index (χ3v) is 8.14. The van der Waals surface area contributed by atoms with Crippen LogP contribution in [0.25, 0.3) is 41.8 Å². The van der Waals surface area contributed by atoms with E-state index in [2.05, 4.69) is 29.1 Å². The van der Waals surface area contributed by atoms with Gasteiger partial charge < -0.3 is 19.7 Å². The van der Waals surface area contributed by atoms with Crippen LogP contribution in [0.1, 0.15) is 26.8 Å². The van der Waals surface area contributed by atoms with Crippen LogP contribution >= 0.6 is 22.7 Å². The van der Waals surface area contributed by atoms with Crippen LogP contribution in [-0.2, 0) is 9.47 Å².